The minimum atomic E-state index is -0.346. The molecule has 67 heavy (non-hydrogen) atoms. The van der Waals surface area contributed by atoms with Gasteiger partial charge in [-0.25, -0.2) is 9.59 Å². The zero-order chi connectivity index (χ0) is 47.5. The monoisotopic (exact) mass is 1280 g/mol. The molecule has 14 heteroatoms. The van der Waals surface area contributed by atoms with Gasteiger partial charge in [-0.05, 0) is 91.0 Å². The molecule has 0 aromatic heterocycles. The van der Waals surface area contributed by atoms with E-state index in [1.54, 1.807) is 38.1 Å². The summed E-state index contributed by atoms with van der Waals surface area (Å²) in [6.45, 7) is 14.3. The van der Waals surface area contributed by atoms with Gasteiger partial charge in [-0.3, -0.25) is 0 Å². The van der Waals surface area contributed by atoms with Crippen molar-refractivity contribution in [3.8, 4) is 22.3 Å². The van der Waals surface area contributed by atoms with Crippen molar-refractivity contribution in [2.45, 2.75) is 46.7 Å². The molecule has 0 bridgehead atoms. The van der Waals surface area contributed by atoms with Crippen LogP contribution in [0.2, 0.25) is 0 Å². The summed E-state index contributed by atoms with van der Waals surface area (Å²) in [6, 6.07) is 56.1. The van der Waals surface area contributed by atoms with Crippen molar-refractivity contribution >= 4 is 60.4 Å². The number of nitrogens with one attached hydrogen (secondary N) is 2. The van der Waals surface area contributed by atoms with Gasteiger partial charge in [0.25, 0.3) is 0 Å². The van der Waals surface area contributed by atoms with Gasteiger partial charge >= 0.3 is 108 Å². The summed E-state index contributed by atoms with van der Waals surface area (Å²) in [7, 11) is 24.0. The molecule has 0 saturated carbocycles. The molecule has 0 aliphatic rings. The molecule has 0 heterocycles. The van der Waals surface area contributed by atoms with Crippen molar-refractivity contribution in [3.05, 3.63) is 221 Å². The predicted octanol–water partition coefficient (Wildman–Crippen LogP) is 16.0. The fraction of sp³-hybridized carbons (Fsp3) is 0.208. The Kier molecular flexibility index (Phi) is 54.5. The third-order valence-electron chi connectivity index (χ3n) is 8.19. The summed E-state index contributed by atoms with van der Waals surface area (Å²) in [5.41, 5.74) is 9.13. The van der Waals surface area contributed by atoms with E-state index in [4.69, 9.17) is 48.2 Å². The Morgan fingerprint density at radius 2 is 0.776 bits per heavy atom. The molecule has 0 saturated heterocycles. The van der Waals surface area contributed by atoms with E-state index in [2.05, 4.69) is 137 Å². The first-order valence-electron chi connectivity index (χ1n) is 20.1. The van der Waals surface area contributed by atoms with Crippen LogP contribution in [0.15, 0.2) is 170 Å². The molecule has 0 aliphatic carbocycles. The molecular weight excluding hydrogens is 1210 g/mol. The number of carbonyl (C=O) groups is 2. The van der Waals surface area contributed by atoms with Crippen molar-refractivity contribution in [2.75, 3.05) is 26.3 Å². The standard InChI is InChI=1S/C16H19N.C16H18N.2C9H10O2.3CH3.5ClH.3Ru/c2*1-2-12-17-13-15-10-6-7-11-16(15)14-8-4-3-5-9-14;2*1-2-11-9(10)8-6-4-3-5-7-8;;;;;;;;;;;/h3-11,17H,2,12-13H2,1H3;3-11,17H,1-2,12-13H2;2*3-7H,2H2,1H3;3*1H3;5*1H;;;/q;-1;;;3*-1;;;;;;2*+2;+4/p-5. The van der Waals surface area contributed by atoms with Crippen LogP contribution in [0.3, 0.4) is 0 Å². The predicted molar refractivity (Wildman–Crippen MR) is 281 cm³/mol. The molecule has 0 aliphatic heterocycles. The Labute approximate surface area is 450 Å². The van der Waals surface area contributed by atoms with Crippen molar-refractivity contribution in [1.82, 2.24) is 10.6 Å². The molecule has 6 aromatic rings. The van der Waals surface area contributed by atoms with Crippen LogP contribution in [0.25, 0.3) is 22.3 Å². The third kappa shape index (κ3) is 34.4. The first-order chi connectivity index (χ1) is 31.3. The van der Waals surface area contributed by atoms with E-state index in [-0.39, 0.29) is 64.5 Å². The number of ether oxygens (including phenoxy) is 2. The van der Waals surface area contributed by atoms with Gasteiger partial charge in [0.1, 0.15) is 0 Å². The molecule has 372 valence electrons. The molecule has 0 unspecified atom stereocenters. The summed E-state index contributed by atoms with van der Waals surface area (Å²) >= 11 is 1.13. The van der Waals surface area contributed by atoms with Crippen LogP contribution in [-0.4, -0.2) is 38.2 Å². The minimum absolute atomic E-state index is 0. The molecule has 0 amide bonds. The second kappa shape index (κ2) is 51.4. The number of hydrogen-bond acceptors (Lipinski definition) is 6. The molecule has 6 nitrogen and oxygen atoms in total. The van der Waals surface area contributed by atoms with Crippen LogP contribution < -0.4 is 10.6 Å². The van der Waals surface area contributed by atoms with E-state index in [9.17, 15) is 9.59 Å². The summed E-state index contributed by atoms with van der Waals surface area (Å²) in [5.74, 6) is -0.513. The Morgan fingerprint density at radius 1 is 0.493 bits per heavy atom. The molecule has 2 N–H and O–H groups in total. The maximum atomic E-state index is 11.0. The van der Waals surface area contributed by atoms with Gasteiger partial charge in [-0.15, -0.1) is 0 Å². The average Bonchev–Trinajstić information content (AvgIpc) is 3.35. The van der Waals surface area contributed by atoms with Gasteiger partial charge in [-0.1, -0.05) is 153 Å². The number of halogens is 5. The van der Waals surface area contributed by atoms with Crippen LogP contribution in [0.1, 0.15) is 65.5 Å². The van der Waals surface area contributed by atoms with E-state index in [1.807, 2.05) is 59.8 Å². The van der Waals surface area contributed by atoms with Gasteiger partial charge in [0, 0.05) is 13.1 Å². The molecular formula is C53H66Cl5N2O4Ru3-. The van der Waals surface area contributed by atoms with Crippen LogP contribution >= 0.6 is 48.5 Å². The van der Waals surface area contributed by atoms with E-state index in [0.717, 1.165) is 32.6 Å². The number of esters is 2. The van der Waals surface area contributed by atoms with E-state index < -0.39 is 0 Å². The second-order valence-electron chi connectivity index (χ2n) is 12.5. The summed E-state index contributed by atoms with van der Waals surface area (Å²) in [4.78, 5) is 22.0. The number of hydrogen-bond donors (Lipinski definition) is 2. The SMILES string of the molecule is CCCNCc1ccccc1-c1ccccc1.CCOC(=O)c1ccccc1.CCOC(=O)c1ccccc1.[CH2-]CCNCc1ccccc1-c1ccccc1.[CH3-].[CH3-].[CH3-].[Cl][Ru+3].[Cl][Ru][Cl].[Cl][Ru][Cl]. The molecule has 6 rings (SSSR count). The van der Waals surface area contributed by atoms with Gasteiger partial charge in [0.05, 0.1) is 24.3 Å². The number of carbonyl (C=O) groups excluding carboxylic acids is 2. The molecule has 0 radical (unpaired) electrons. The maximum absolute atomic E-state index is 11.0. The first-order valence-corrected chi connectivity index (χ1v) is 31.3. The van der Waals surface area contributed by atoms with Crippen LogP contribution in [0.4, 0.5) is 0 Å². The normalized spacial score (nSPS) is 9.03. The van der Waals surface area contributed by atoms with E-state index in [0.29, 0.717) is 24.3 Å². The van der Waals surface area contributed by atoms with Gasteiger partial charge in [0.2, 0.25) is 0 Å². The van der Waals surface area contributed by atoms with E-state index in [1.165, 1.54) is 39.8 Å². The summed E-state index contributed by atoms with van der Waals surface area (Å²) in [5, 5.41) is 6.86. The van der Waals surface area contributed by atoms with Gasteiger partial charge < -0.3 is 49.3 Å². The van der Waals surface area contributed by atoms with Crippen molar-refractivity contribution in [2.24, 2.45) is 0 Å². The van der Waals surface area contributed by atoms with Crippen molar-refractivity contribution in [3.63, 3.8) is 0 Å². The van der Waals surface area contributed by atoms with E-state index >= 15 is 0 Å². The van der Waals surface area contributed by atoms with Crippen LogP contribution in [0.5, 0.6) is 0 Å². The van der Waals surface area contributed by atoms with Crippen LogP contribution in [-0.2, 0) is 70.2 Å². The molecule has 0 atom stereocenters. The Bertz CT molecular complexity index is 1850. The van der Waals surface area contributed by atoms with Gasteiger partial charge in [-0.2, -0.15) is 6.42 Å². The fourth-order valence-electron chi connectivity index (χ4n) is 5.47. The first kappa shape index (κ1) is 71.1. The Balaban J connectivity index is -0.000000375. The topological polar surface area (TPSA) is 76.7 Å². The van der Waals surface area contributed by atoms with Crippen LogP contribution in [0, 0.1) is 29.2 Å². The zero-order valence-electron chi connectivity index (χ0n) is 39.1. The molecule has 0 fully saturated rings. The average molecular weight is 1280 g/mol. The summed E-state index contributed by atoms with van der Waals surface area (Å²) in [6.07, 6.45) is 2.10. The molecule has 6 aromatic carbocycles. The van der Waals surface area contributed by atoms with Gasteiger partial charge in [0.15, 0.2) is 0 Å². The molecule has 0 spiro atoms. The van der Waals surface area contributed by atoms with Crippen molar-refractivity contribution < 1.29 is 66.7 Å². The Morgan fingerprint density at radius 3 is 1.07 bits per heavy atom. The quantitative estimate of drug-likeness (QED) is 0.0490. The fourth-order valence-corrected chi connectivity index (χ4v) is 5.47. The third-order valence-corrected chi connectivity index (χ3v) is 8.19. The second-order valence-corrected chi connectivity index (χ2v) is 17.8. The summed E-state index contributed by atoms with van der Waals surface area (Å²) < 4.78 is 9.58. The number of benzene rings is 6. The Hall–Kier alpha value is -2.50. The zero-order valence-corrected chi connectivity index (χ0v) is 48.1. The van der Waals surface area contributed by atoms with Crippen molar-refractivity contribution in [1.29, 1.82) is 0 Å². The number of rotatable bonds is 14.